The van der Waals surface area contributed by atoms with E-state index in [2.05, 4.69) is 40.8 Å². The molecule has 0 aromatic heterocycles. The molecule has 158 valence electrons. The Hall–Kier alpha value is -0.650. The molecule has 2 saturated heterocycles. The van der Waals surface area contributed by atoms with Crippen LogP contribution in [-0.4, -0.2) is 85.6 Å². The number of carbonyl (C=O) groups is 1. The van der Waals surface area contributed by atoms with Crippen LogP contribution in [0.1, 0.15) is 65.7 Å². The number of likely N-dealkylation sites (tertiary alicyclic amines) is 1. The van der Waals surface area contributed by atoms with Crippen LogP contribution in [0.4, 0.5) is 0 Å². The third kappa shape index (κ3) is 7.71. The highest BCUT2D eigenvalue weighted by atomic mass is 16.2. The average molecular weight is 381 g/mol. The molecule has 0 saturated carbocycles. The van der Waals surface area contributed by atoms with Gasteiger partial charge in [-0.3, -0.25) is 9.69 Å². The summed E-state index contributed by atoms with van der Waals surface area (Å²) >= 11 is 0. The summed E-state index contributed by atoms with van der Waals surface area (Å²) in [6.45, 7) is 16.1. The number of rotatable bonds is 11. The number of nitrogens with one attached hydrogen (secondary N) is 1. The van der Waals surface area contributed by atoms with Crippen LogP contribution in [0.25, 0.3) is 0 Å². The van der Waals surface area contributed by atoms with Crippen LogP contribution in [0.3, 0.4) is 0 Å². The van der Waals surface area contributed by atoms with Crippen LogP contribution in [0.2, 0.25) is 0 Å². The van der Waals surface area contributed by atoms with Crippen molar-refractivity contribution in [3.8, 4) is 0 Å². The molecule has 0 bridgehead atoms. The van der Waals surface area contributed by atoms with E-state index in [1.54, 1.807) is 0 Å². The maximum Gasteiger partial charge on any atom is 0.236 e. The quantitative estimate of drug-likeness (QED) is 0.560. The number of amides is 1. The molecule has 5 nitrogen and oxygen atoms in total. The van der Waals surface area contributed by atoms with Gasteiger partial charge in [0, 0.05) is 12.6 Å². The van der Waals surface area contributed by atoms with Gasteiger partial charge in [-0.2, -0.15) is 0 Å². The summed E-state index contributed by atoms with van der Waals surface area (Å²) in [7, 11) is 0. The third-order valence-corrected chi connectivity index (χ3v) is 6.73. The highest BCUT2D eigenvalue weighted by molar-refractivity contribution is 5.78. The van der Waals surface area contributed by atoms with Crippen LogP contribution >= 0.6 is 0 Å². The van der Waals surface area contributed by atoms with Crippen LogP contribution in [-0.2, 0) is 4.79 Å². The predicted molar refractivity (Wildman–Crippen MR) is 114 cm³/mol. The number of hydrogen-bond acceptors (Lipinski definition) is 4. The molecule has 2 aliphatic heterocycles. The number of nitrogens with zero attached hydrogens (tertiary/aromatic N) is 3. The smallest absolute Gasteiger partial charge is 0.236 e. The number of carbonyl (C=O) groups excluding carboxylic acids is 1. The minimum atomic E-state index is 0.375. The van der Waals surface area contributed by atoms with Crippen LogP contribution in [0.15, 0.2) is 0 Å². The van der Waals surface area contributed by atoms with Crippen molar-refractivity contribution in [2.24, 2.45) is 5.92 Å². The third-order valence-electron chi connectivity index (χ3n) is 6.73. The first kappa shape index (κ1) is 22.6. The molecule has 0 spiro atoms. The van der Waals surface area contributed by atoms with Crippen molar-refractivity contribution in [2.45, 2.75) is 71.8 Å². The first-order valence-corrected chi connectivity index (χ1v) is 11.6. The van der Waals surface area contributed by atoms with Gasteiger partial charge in [-0.05, 0) is 90.3 Å². The van der Waals surface area contributed by atoms with Crippen molar-refractivity contribution < 1.29 is 4.79 Å². The summed E-state index contributed by atoms with van der Waals surface area (Å²) in [4.78, 5) is 20.3. The minimum absolute atomic E-state index is 0.375. The minimum Gasteiger partial charge on any atom is -0.339 e. The van der Waals surface area contributed by atoms with Crippen molar-refractivity contribution in [1.29, 1.82) is 0 Å². The van der Waals surface area contributed by atoms with Crippen LogP contribution < -0.4 is 5.32 Å². The second-order valence-corrected chi connectivity index (χ2v) is 8.43. The van der Waals surface area contributed by atoms with E-state index in [-0.39, 0.29) is 0 Å². The fourth-order valence-corrected chi connectivity index (χ4v) is 4.62. The maximum absolute atomic E-state index is 13.2. The molecule has 0 radical (unpaired) electrons. The number of hydrogen-bond donors (Lipinski definition) is 1. The zero-order chi connectivity index (χ0) is 19.5. The van der Waals surface area contributed by atoms with E-state index in [9.17, 15) is 4.79 Å². The molecule has 2 rings (SSSR count). The van der Waals surface area contributed by atoms with Gasteiger partial charge in [-0.1, -0.05) is 27.2 Å². The standard InChI is InChI=1S/C22H44N4O/c1-4-20-11-17-25(18-12-20)19-22(27)26(21-9-13-23-14-10-21)16-8-7-15-24(5-2)6-3/h20-21,23H,4-19H2,1-3H3. The molecule has 2 fully saturated rings. The fraction of sp³-hybridized carbons (Fsp3) is 0.955. The molecule has 0 aromatic rings. The Balaban J connectivity index is 1.82. The molecule has 2 heterocycles. The summed E-state index contributed by atoms with van der Waals surface area (Å²) in [5, 5.41) is 3.44. The lowest BCUT2D eigenvalue weighted by Crippen LogP contribution is -2.50. The maximum atomic E-state index is 13.2. The first-order valence-electron chi connectivity index (χ1n) is 11.6. The lowest BCUT2D eigenvalue weighted by Gasteiger charge is -2.37. The normalized spacial score (nSPS) is 20.3. The number of unbranched alkanes of at least 4 members (excludes halogenated alkanes) is 1. The zero-order valence-electron chi connectivity index (χ0n) is 18.2. The monoisotopic (exact) mass is 380 g/mol. The van der Waals surface area contributed by atoms with E-state index in [1.807, 2.05) is 0 Å². The van der Waals surface area contributed by atoms with E-state index in [1.165, 1.54) is 25.7 Å². The van der Waals surface area contributed by atoms with Crippen molar-refractivity contribution in [1.82, 2.24) is 20.0 Å². The van der Waals surface area contributed by atoms with Gasteiger partial charge in [0.1, 0.15) is 0 Å². The Kier molecular flexibility index (Phi) is 10.7. The van der Waals surface area contributed by atoms with Gasteiger partial charge in [0.25, 0.3) is 0 Å². The Labute approximate surface area is 167 Å². The topological polar surface area (TPSA) is 38.8 Å². The van der Waals surface area contributed by atoms with Gasteiger partial charge < -0.3 is 15.1 Å². The van der Waals surface area contributed by atoms with E-state index < -0.39 is 0 Å². The van der Waals surface area contributed by atoms with Crippen molar-refractivity contribution in [2.75, 3.05) is 58.9 Å². The van der Waals surface area contributed by atoms with E-state index >= 15 is 0 Å². The molecule has 0 atom stereocenters. The average Bonchev–Trinajstić information content (AvgIpc) is 2.72. The van der Waals surface area contributed by atoms with Crippen LogP contribution in [0.5, 0.6) is 0 Å². The molecular weight excluding hydrogens is 336 g/mol. The summed E-state index contributed by atoms with van der Waals surface area (Å²) in [6, 6.07) is 0.445. The molecule has 2 aliphatic rings. The molecule has 0 unspecified atom stereocenters. The van der Waals surface area contributed by atoms with E-state index in [0.717, 1.165) is 77.5 Å². The van der Waals surface area contributed by atoms with Gasteiger partial charge in [0.2, 0.25) is 5.91 Å². The van der Waals surface area contributed by atoms with Gasteiger partial charge in [-0.25, -0.2) is 0 Å². The zero-order valence-corrected chi connectivity index (χ0v) is 18.2. The molecule has 0 aliphatic carbocycles. The second-order valence-electron chi connectivity index (χ2n) is 8.43. The highest BCUT2D eigenvalue weighted by Crippen LogP contribution is 2.20. The molecule has 0 aromatic carbocycles. The molecule has 27 heavy (non-hydrogen) atoms. The predicted octanol–water partition coefficient (Wildman–Crippen LogP) is 2.81. The summed E-state index contributed by atoms with van der Waals surface area (Å²) < 4.78 is 0. The molecule has 1 N–H and O–H groups in total. The molecular formula is C22H44N4O. The van der Waals surface area contributed by atoms with Crippen molar-refractivity contribution in [3.05, 3.63) is 0 Å². The summed E-state index contributed by atoms with van der Waals surface area (Å²) in [5.74, 6) is 1.25. The van der Waals surface area contributed by atoms with Gasteiger partial charge in [0.05, 0.1) is 6.54 Å². The van der Waals surface area contributed by atoms with Gasteiger partial charge in [-0.15, -0.1) is 0 Å². The first-order chi connectivity index (χ1) is 13.2. The molecule has 1 amide bonds. The Morgan fingerprint density at radius 3 is 2.19 bits per heavy atom. The molecule has 5 heteroatoms. The Morgan fingerprint density at radius 2 is 1.59 bits per heavy atom. The summed E-state index contributed by atoms with van der Waals surface area (Å²) in [6.07, 6.45) is 8.36. The second kappa shape index (κ2) is 12.7. The largest absolute Gasteiger partial charge is 0.339 e. The van der Waals surface area contributed by atoms with Gasteiger partial charge in [0.15, 0.2) is 0 Å². The fourth-order valence-electron chi connectivity index (χ4n) is 4.62. The van der Waals surface area contributed by atoms with Crippen molar-refractivity contribution >= 4 is 5.91 Å². The lowest BCUT2D eigenvalue weighted by atomic mass is 9.94. The number of piperidine rings is 2. The van der Waals surface area contributed by atoms with Crippen LogP contribution in [0, 0.1) is 5.92 Å². The SMILES string of the molecule is CCC1CCN(CC(=O)N(CCCCN(CC)CC)C2CCNCC2)CC1. The highest BCUT2D eigenvalue weighted by Gasteiger charge is 2.27. The van der Waals surface area contributed by atoms with E-state index in [0.29, 0.717) is 18.5 Å². The van der Waals surface area contributed by atoms with E-state index in [4.69, 9.17) is 0 Å². The Morgan fingerprint density at radius 1 is 0.963 bits per heavy atom. The Bertz CT molecular complexity index is 399. The lowest BCUT2D eigenvalue weighted by molar-refractivity contribution is -0.135. The summed E-state index contributed by atoms with van der Waals surface area (Å²) in [5.41, 5.74) is 0. The van der Waals surface area contributed by atoms with Gasteiger partial charge >= 0.3 is 0 Å². The van der Waals surface area contributed by atoms with Crippen molar-refractivity contribution in [3.63, 3.8) is 0 Å².